The summed E-state index contributed by atoms with van der Waals surface area (Å²) in [6.45, 7) is 11.3. The van der Waals surface area contributed by atoms with E-state index in [2.05, 4.69) is 31.1 Å². The van der Waals surface area contributed by atoms with Gasteiger partial charge in [-0.05, 0) is 59.1 Å². The van der Waals surface area contributed by atoms with Crippen molar-refractivity contribution in [3.63, 3.8) is 0 Å². The number of nitrogens with one attached hydrogen (secondary N) is 1. The van der Waals surface area contributed by atoms with Crippen molar-refractivity contribution in [3.8, 4) is 0 Å². The summed E-state index contributed by atoms with van der Waals surface area (Å²) in [7, 11) is 1.71. The van der Waals surface area contributed by atoms with Gasteiger partial charge in [-0.1, -0.05) is 0 Å². The van der Waals surface area contributed by atoms with E-state index in [9.17, 15) is 9.59 Å². The van der Waals surface area contributed by atoms with Crippen molar-refractivity contribution in [3.05, 3.63) is 57.5 Å². The van der Waals surface area contributed by atoms with Crippen LogP contribution >= 0.6 is 0 Å². The van der Waals surface area contributed by atoms with E-state index in [0.717, 1.165) is 41.3 Å². The second-order valence-corrected chi connectivity index (χ2v) is 9.80. The van der Waals surface area contributed by atoms with Crippen molar-refractivity contribution in [2.45, 2.75) is 58.9 Å². The second kappa shape index (κ2) is 8.07. The Labute approximate surface area is 188 Å². The van der Waals surface area contributed by atoms with E-state index >= 15 is 0 Å². The Balaban J connectivity index is 1.58. The molecule has 3 aromatic rings. The highest BCUT2D eigenvalue weighted by molar-refractivity contribution is 5.95. The normalized spacial score (nSPS) is 15.4. The third kappa shape index (κ3) is 4.01. The summed E-state index contributed by atoms with van der Waals surface area (Å²) in [6, 6.07) is 1.90. The van der Waals surface area contributed by atoms with Crippen LogP contribution in [0.15, 0.2) is 29.5 Å². The molecule has 8 heteroatoms. The molecule has 0 spiro atoms. The zero-order chi connectivity index (χ0) is 23.2. The number of imidazole rings is 1. The molecule has 0 aliphatic carbocycles. The van der Waals surface area contributed by atoms with Gasteiger partial charge in [-0.2, -0.15) is 0 Å². The molecular weight excluding hydrogens is 404 g/mol. The standard InChI is InChI=1S/C24H32N6O2/c1-15-13-16(2)28(6)22(31)19(15)23(32)29-10-7-17(8-11-29)20-21(27-24(3,4)5)30-12-9-25-14-18(30)26-20/h9,12-14,17,27H,7-8,10-11H2,1-6H3. The van der Waals surface area contributed by atoms with Crippen LogP contribution < -0.4 is 10.9 Å². The number of hydrogen-bond donors (Lipinski definition) is 1. The Bertz CT molecular complexity index is 1230. The van der Waals surface area contributed by atoms with E-state index in [-0.39, 0.29) is 28.5 Å². The topological polar surface area (TPSA) is 84.5 Å². The first kappa shape index (κ1) is 22.0. The predicted molar refractivity (Wildman–Crippen MR) is 125 cm³/mol. The highest BCUT2D eigenvalue weighted by Crippen LogP contribution is 2.34. The molecule has 170 valence electrons. The number of carbonyl (C=O) groups is 1. The molecule has 0 bridgehead atoms. The van der Waals surface area contributed by atoms with Gasteiger partial charge >= 0.3 is 0 Å². The molecule has 1 aliphatic rings. The van der Waals surface area contributed by atoms with Crippen LogP contribution in [0, 0.1) is 13.8 Å². The number of amides is 1. The van der Waals surface area contributed by atoms with Crippen LogP contribution in [-0.4, -0.2) is 48.4 Å². The van der Waals surface area contributed by atoms with Crippen LogP contribution in [0.1, 0.15) is 66.8 Å². The van der Waals surface area contributed by atoms with Crippen molar-refractivity contribution in [1.82, 2.24) is 23.8 Å². The lowest BCUT2D eigenvalue weighted by molar-refractivity contribution is 0.0709. The number of aryl methyl sites for hydroxylation is 2. The van der Waals surface area contributed by atoms with Gasteiger partial charge in [0.15, 0.2) is 5.65 Å². The number of carbonyl (C=O) groups excluding carboxylic acids is 1. The average Bonchev–Trinajstić information content (AvgIpc) is 3.09. The summed E-state index contributed by atoms with van der Waals surface area (Å²) in [5.74, 6) is 1.04. The molecule has 4 rings (SSSR count). The van der Waals surface area contributed by atoms with Crippen molar-refractivity contribution < 1.29 is 4.79 Å². The first-order valence-corrected chi connectivity index (χ1v) is 11.1. The van der Waals surface area contributed by atoms with Crippen LogP contribution in [-0.2, 0) is 7.05 Å². The second-order valence-electron chi connectivity index (χ2n) is 9.80. The lowest BCUT2D eigenvalue weighted by Crippen LogP contribution is -2.42. The third-order valence-electron chi connectivity index (χ3n) is 6.20. The molecular formula is C24H32N6O2. The summed E-state index contributed by atoms with van der Waals surface area (Å²) in [5.41, 5.74) is 3.36. The summed E-state index contributed by atoms with van der Waals surface area (Å²) < 4.78 is 3.59. The van der Waals surface area contributed by atoms with E-state index < -0.39 is 0 Å². The Kier molecular flexibility index (Phi) is 5.56. The molecule has 0 radical (unpaired) electrons. The van der Waals surface area contributed by atoms with Gasteiger partial charge in [0.25, 0.3) is 11.5 Å². The van der Waals surface area contributed by atoms with E-state index in [1.165, 1.54) is 0 Å². The van der Waals surface area contributed by atoms with Crippen LogP contribution in [0.4, 0.5) is 5.82 Å². The van der Waals surface area contributed by atoms with Crippen LogP contribution in [0.25, 0.3) is 5.65 Å². The van der Waals surface area contributed by atoms with Gasteiger partial charge in [-0.3, -0.25) is 19.0 Å². The summed E-state index contributed by atoms with van der Waals surface area (Å²) >= 11 is 0. The van der Waals surface area contributed by atoms with Gasteiger partial charge in [0.1, 0.15) is 11.4 Å². The van der Waals surface area contributed by atoms with Gasteiger partial charge in [0.05, 0.1) is 11.9 Å². The minimum Gasteiger partial charge on any atom is -0.365 e. The molecule has 1 aliphatic heterocycles. The molecule has 1 fully saturated rings. The first-order valence-electron chi connectivity index (χ1n) is 11.1. The zero-order valence-electron chi connectivity index (χ0n) is 19.8. The van der Waals surface area contributed by atoms with Crippen molar-refractivity contribution >= 4 is 17.4 Å². The van der Waals surface area contributed by atoms with Crippen LogP contribution in [0.2, 0.25) is 0 Å². The maximum absolute atomic E-state index is 13.2. The fourth-order valence-electron chi connectivity index (χ4n) is 4.44. The van der Waals surface area contributed by atoms with E-state index in [4.69, 9.17) is 4.98 Å². The zero-order valence-corrected chi connectivity index (χ0v) is 19.8. The monoisotopic (exact) mass is 436 g/mol. The molecule has 3 aromatic heterocycles. The molecule has 4 heterocycles. The molecule has 8 nitrogen and oxygen atoms in total. The lowest BCUT2D eigenvalue weighted by Gasteiger charge is -2.32. The fourth-order valence-corrected chi connectivity index (χ4v) is 4.44. The number of likely N-dealkylation sites (tertiary alicyclic amines) is 1. The van der Waals surface area contributed by atoms with E-state index in [1.807, 2.05) is 35.4 Å². The molecule has 0 aromatic carbocycles. The molecule has 0 unspecified atom stereocenters. The van der Waals surface area contributed by atoms with Gasteiger partial charge in [-0.25, -0.2) is 4.98 Å². The van der Waals surface area contributed by atoms with Crippen molar-refractivity contribution in [1.29, 1.82) is 0 Å². The summed E-state index contributed by atoms with van der Waals surface area (Å²) in [6.07, 6.45) is 7.05. The number of rotatable bonds is 3. The number of anilines is 1. The number of piperidine rings is 1. The van der Waals surface area contributed by atoms with Gasteiger partial charge < -0.3 is 14.8 Å². The lowest BCUT2D eigenvalue weighted by atomic mass is 9.92. The first-order chi connectivity index (χ1) is 15.1. The number of fused-ring (bicyclic) bond motifs is 1. The smallest absolute Gasteiger partial charge is 0.263 e. The predicted octanol–water partition coefficient (Wildman–Crippen LogP) is 3.28. The number of nitrogens with zero attached hydrogens (tertiary/aromatic N) is 5. The maximum Gasteiger partial charge on any atom is 0.263 e. The minimum absolute atomic E-state index is 0.117. The SMILES string of the molecule is Cc1cc(C)n(C)c(=O)c1C(=O)N1CCC(c2nc3cnccn3c2NC(C)(C)C)CC1. The highest BCUT2D eigenvalue weighted by atomic mass is 16.2. The number of aromatic nitrogens is 4. The quantitative estimate of drug-likeness (QED) is 0.681. The molecule has 0 atom stereocenters. The van der Waals surface area contributed by atoms with Crippen molar-refractivity contribution in [2.75, 3.05) is 18.4 Å². The molecule has 1 amide bonds. The minimum atomic E-state index is -0.223. The molecule has 32 heavy (non-hydrogen) atoms. The Morgan fingerprint density at radius 3 is 2.53 bits per heavy atom. The fraction of sp³-hybridized carbons (Fsp3) is 0.500. The molecule has 1 saturated heterocycles. The molecule has 1 N–H and O–H groups in total. The van der Waals surface area contributed by atoms with Crippen molar-refractivity contribution in [2.24, 2.45) is 7.05 Å². The Morgan fingerprint density at radius 2 is 1.88 bits per heavy atom. The van der Waals surface area contributed by atoms with Gasteiger partial charge in [0, 0.05) is 49.7 Å². The number of pyridine rings is 1. The third-order valence-corrected chi connectivity index (χ3v) is 6.20. The van der Waals surface area contributed by atoms with Crippen LogP contribution in [0.3, 0.4) is 0 Å². The van der Waals surface area contributed by atoms with E-state index in [0.29, 0.717) is 13.1 Å². The van der Waals surface area contributed by atoms with E-state index in [1.54, 1.807) is 24.0 Å². The van der Waals surface area contributed by atoms with Gasteiger partial charge in [0.2, 0.25) is 0 Å². The largest absolute Gasteiger partial charge is 0.365 e. The van der Waals surface area contributed by atoms with Crippen LogP contribution in [0.5, 0.6) is 0 Å². The number of hydrogen-bond acceptors (Lipinski definition) is 5. The highest BCUT2D eigenvalue weighted by Gasteiger charge is 2.31. The van der Waals surface area contributed by atoms with Gasteiger partial charge in [-0.15, -0.1) is 0 Å². The Morgan fingerprint density at radius 1 is 1.19 bits per heavy atom. The Hall–Kier alpha value is -3.16. The average molecular weight is 437 g/mol. The molecule has 0 saturated carbocycles. The summed E-state index contributed by atoms with van der Waals surface area (Å²) in [4.78, 5) is 36.9. The maximum atomic E-state index is 13.2. The summed E-state index contributed by atoms with van der Waals surface area (Å²) in [5, 5.41) is 3.60.